The number of ketones is 1. The van der Waals surface area contributed by atoms with Crippen LogP contribution in [-0.4, -0.2) is 11.0 Å². The van der Waals surface area contributed by atoms with Gasteiger partial charge in [0.25, 0.3) is 0 Å². The SMILES string of the molecule is CC(SCc1ccccc1Cl)C(=O)c1cccc(Cl)c1. The summed E-state index contributed by atoms with van der Waals surface area (Å²) in [4.78, 5) is 12.3. The molecule has 2 aromatic rings. The molecule has 4 heteroatoms. The van der Waals surface area contributed by atoms with Gasteiger partial charge in [0, 0.05) is 21.4 Å². The van der Waals surface area contributed by atoms with Crippen LogP contribution in [0, 0.1) is 0 Å². The summed E-state index contributed by atoms with van der Waals surface area (Å²) in [6.45, 7) is 1.91. The highest BCUT2D eigenvalue weighted by atomic mass is 35.5. The van der Waals surface area contributed by atoms with Gasteiger partial charge in [-0.25, -0.2) is 0 Å². The van der Waals surface area contributed by atoms with Crippen LogP contribution in [0.2, 0.25) is 10.0 Å². The Kier molecular flexibility index (Phi) is 5.53. The molecule has 2 aromatic carbocycles. The molecule has 104 valence electrons. The Morgan fingerprint density at radius 3 is 2.60 bits per heavy atom. The number of halogens is 2. The first-order valence-corrected chi connectivity index (χ1v) is 8.03. The highest BCUT2D eigenvalue weighted by Gasteiger charge is 2.16. The normalized spacial score (nSPS) is 12.2. The first-order valence-electron chi connectivity index (χ1n) is 6.22. The van der Waals surface area contributed by atoms with Crippen molar-refractivity contribution < 1.29 is 4.79 Å². The molecular weight excluding hydrogens is 311 g/mol. The Labute approximate surface area is 133 Å². The molecule has 0 N–H and O–H groups in total. The summed E-state index contributed by atoms with van der Waals surface area (Å²) in [6, 6.07) is 14.7. The van der Waals surface area contributed by atoms with E-state index in [1.807, 2.05) is 31.2 Å². The number of thioether (sulfide) groups is 1. The molecule has 0 aliphatic heterocycles. The Hall–Kier alpha value is -0.960. The van der Waals surface area contributed by atoms with E-state index >= 15 is 0 Å². The maximum absolute atomic E-state index is 12.3. The van der Waals surface area contributed by atoms with Crippen LogP contribution in [0.5, 0.6) is 0 Å². The van der Waals surface area contributed by atoms with Gasteiger partial charge in [0.1, 0.15) is 0 Å². The van der Waals surface area contributed by atoms with Gasteiger partial charge in [-0.05, 0) is 30.7 Å². The summed E-state index contributed by atoms with van der Waals surface area (Å²) < 4.78 is 0. The first-order chi connectivity index (χ1) is 9.58. The third kappa shape index (κ3) is 4.02. The predicted molar refractivity (Wildman–Crippen MR) is 88.0 cm³/mol. The lowest BCUT2D eigenvalue weighted by atomic mass is 10.1. The number of benzene rings is 2. The summed E-state index contributed by atoms with van der Waals surface area (Å²) in [7, 11) is 0. The largest absolute Gasteiger partial charge is 0.293 e. The van der Waals surface area contributed by atoms with E-state index in [9.17, 15) is 4.79 Å². The molecule has 0 spiro atoms. The standard InChI is InChI=1S/C16H14Cl2OS/c1-11(16(19)12-6-4-7-14(17)9-12)20-10-13-5-2-3-8-15(13)18/h2-9,11H,10H2,1H3. The van der Waals surface area contributed by atoms with E-state index in [2.05, 4.69) is 0 Å². The molecule has 0 aromatic heterocycles. The van der Waals surface area contributed by atoms with Gasteiger partial charge in [-0.2, -0.15) is 0 Å². The van der Waals surface area contributed by atoms with Gasteiger partial charge in [0.2, 0.25) is 0 Å². The Morgan fingerprint density at radius 1 is 1.15 bits per heavy atom. The fourth-order valence-electron chi connectivity index (χ4n) is 1.78. The quantitative estimate of drug-likeness (QED) is 0.675. The number of Topliss-reactive ketones (excluding diaryl/α,β-unsaturated/α-hetero) is 1. The second-order valence-electron chi connectivity index (χ2n) is 4.42. The third-order valence-corrected chi connectivity index (χ3v) is 4.72. The first kappa shape index (κ1) is 15.4. The molecule has 0 radical (unpaired) electrons. The van der Waals surface area contributed by atoms with Crippen molar-refractivity contribution in [2.24, 2.45) is 0 Å². The van der Waals surface area contributed by atoms with Gasteiger partial charge >= 0.3 is 0 Å². The van der Waals surface area contributed by atoms with Crippen LogP contribution in [-0.2, 0) is 5.75 Å². The molecule has 0 aliphatic carbocycles. The minimum Gasteiger partial charge on any atom is -0.293 e. The molecule has 0 aliphatic rings. The summed E-state index contributed by atoms with van der Waals surface area (Å²) >= 11 is 13.6. The molecule has 0 bridgehead atoms. The van der Waals surface area contributed by atoms with Gasteiger partial charge in [-0.3, -0.25) is 4.79 Å². The van der Waals surface area contributed by atoms with Crippen molar-refractivity contribution >= 4 is 40.7 Å². The Bertz CT molecular complexity index is 613. The lowest BCUT2D eigenvalue weighted by Gasteiger charge is -2.11. The number of rotatable bonds is 5. The summed E-state index contributed by atoms with van der Waals surface area (Å²) in [5.41, 5.74) is 1.70. The van der Waals surface area contributed by atoms with Crippen molar-refractivity contribution in [1.82, 2.24) is 0 Å². The van der Waals surface area contributed by atoms with Crippen molar-refractivity contribution in [2.75, 3.05) is 0 Å². The summed E-state index contributed by atoms with van der Waals surface area (Å²) in [5, 5.41) is 1.19. The number of carbonyl (C=O) groups is 1. The van der Waals surface area contributed by atoms with Crippen LogP contribution in [0.25, 0.3) is 0 Å². The van der Waals surface area contributed by atoms with Crippen LogP contribution in [0.1, 0.15) is 22.8 Å². The zero-order valence-electron chi connectivity index (χ0n) is 11.0. The van der Waals surface area contributed by atoms with Crippen molar-refractivity contribution in [1.29, 1.82) is 0 Å². The van der Waals surface area contributed by atoms with E-state index in [0.717, 1.165) is 10.6 Å². The number of carbonyl (C=O) groups excluding carboxylic acids is 1. The molecule has 2 rings (SSSR count). The molecule has 0 heterocycles. The summed E-state index contributed by atoms with van der Waals surface area (Å²) in [5.74, 6) is 0.803. The second-order valence-corrected chi connectivity index (χ2v) is 6.59. The lowest BCUT2D eigenvalue weighted by Crippen LogP contribution is -2.13. The average Bonchev–Trinajstić information content (AvgIpc) is 2.45. The monoisotopic (exact) mass is 324 g/mol. The zero-order chi connectivity index (χ0) is 14.5. The molecule has 0 saturated carbocycles. The van der Waals surface area contributed by atoms with Gasteiger partial charge in [-0.1, -0.05) is 53.5 Å². The second kappa shape index (κ2) is 7.16. The highest BCUT2D eigenvalue weighted by Crippen LogP contribution is 2.25. The van der Waals surface area contributed by atoms with Crippen molar-refractivity contribution in [2.45, 2.75) is 17.9 Å². The van der Waals surface area contributed by atoms with Crippen LogP contribution in [0.4, 0.5) is 0 Å². The Balaban J connectivity index is 2.00. The van der Waals surface area contributed by atoms with Crippen molar-refractivity contribution in [3.05, 3.63) is 69.7 Å². The van der Waals surface area contributed by atoms with Crippen LogP contribution in [0.3, 0.4) is 0 Å². The minimum atomic E-state index is -0.135. The van der Waals surface area contributed by atoms with E-state index < -0.39 is 0 Å². The number of hydrogen-bond donors (Lipinski definition) is 0. The van der Waals surface area contributed by atoms with Crippen molar-refractivity contribution in [3.63, 3.8) is 0 Å². The maximum Gasteiger partial charge on any atom is 0.175 e. The van der Waals surface area contributed by atoms with Crippen LogP contribution in [0.15, 0.2) is 48.5 Å². The smallest absolute Gasteiger partial charge is 0.175 e. The molecule has 1 nitrogen and oxygen atoms in total. The topological polar surface area (TPSA) is 17.1 Å². The fourth-order valence-corrected chi connectivity index (χ4v) is 3.22. The number of hydrogen-bond acceptors (Lipinski definition) is 2. The van der Waals surface area contributed by atoms with Gasteiger partial charge in [0.15, 0.2) is 5.78 Å². The van der Waals surface area contributed by atoms with E-state index in [-0.39, 0.29) is 11.0 Å². The fraction of sp³-hybridized carbons (Fsp3) is 0.188. The van der Waals surface area contributed by atoms with E-state index in [1.54, 1.807) is 36.0 Å². The van der Waals surface area contributed by atoms with E-state index in [0.29, 0.717) is 16.3 Å². The minimum absolute atomic E-state index is 0.0875. The predicted octanol–water partition coefficient (Wildman–Crippen LogP) is 5.50. The molecule has 0 saturated heterocycles. The average molecular weight is 325 g/mol. The van der Waals surface area contributed by atoms with Gasteiger partial charge in [-0.15, -0.1) is 11.8 Å². The molecular formula is C16H14Cl2OS. The van der Waals surface area contributed by atoms with E-state index in [1.165, 1.54) is 0 Å². The molecule has 1 atom stereocenters. The Morgan fingerprint density at radius 2 is 1.90 bits per heavy atom. The van der Waals surface area contributed by atoms with Crippen LogP contribution >= 0.6 is 35.0 Å². The van der Waals surface area contributed by atoms with Gasteiger partial charge in [0.05, 0.1) is 5.25 Å². The van der Waals surface area contributed by atoms with Crippen molar-refractivity contribution in [3.8, 4) is 0 Å². The van der Waals surface area contributed by atoms with E-state index in [4.69, 9.17) is 23.2 Å². The summed E-state index contributed by atoms with van der Waals surface area (Å²) in [6.07, 6.45) is 0. The molecule has 20 heavy (non-hydrogen) atoms. The third-order valence-electron chi connectivity index (χ3n) is 2.93. The zero-order valence-corrected chi connectivity index (χ0v) is 13.3. The maximum atomic E-state index is 12.3. The van der Waals surface area contributed by atoms with Gasteiger partial charge < -0.3 is 0 Å². The molecule has 0 amide bonds. The lowest BCUT2D eigenvalue weighted by molar-refractivity contribution is 0.0994. The molecule has 1 unspecified atom stereocenters. The molecule has 0 fully saturated rings. The highest BCUT2D eigenvalue weighted by molar-refractivity contribution is 7.99. The van der Waals surface area contributed by atoms with Crippen LogP contribution < -0.4 is 0 Å².